The van der Waals surface area contributed by atoms with Gasteiger partial charge in [0.15, 0.2) is 0 Å². The Balaban J connectivity index is 1.24. The van der Waals surface area contributed by atoms with E-state index in [0.717, 1.165) is 11.3 Å². The monoisotopic (exact) mass is 480 g/mol. The Morgan fingerprint density at radius 2 is 1.63 bits per heavy atom. The van der Waals surface area contributed by atoms with Gasteiger partial charge in [-0.25, -0.2) is 4.39 Å². The maximum Gasteiger partial charge on any atom is 0.254 e. The maximum absolute atomic E-state index is 13.4. The van der Waals surface area contributed by atoms with Crippen LogP contribution in [0.15, 0.2) is 48.5 Å². The van der Waals surface area contributed by atoms with Gasteiger partial charge in [-0.1, -0.05) is 12.1 Å². The molecule has 0 aliphatic carbocycles. The van der Waals surface area contributed by atoms with Crippen LogP contribution in [0.3, 0.4) is 0 Å². The molecule has 9 heteroatoms. The van der Waals surface area contributed by atoms with E-state index in [1.807, 2.05) is 31.1 Å². The number of piperazine rings is 2. The molecule has 0 spiro atoms. The number of hydrogen-bond acceptors (Lipinski definition) is 5. The van der Waals surface area contributed by atoms with Crippen molar-refractivity contribution in [3.63, 3.8) is 0 Å². The number of hydrogen-bond donors (Lipinski definition) is 0. The number of ether oxygens (including phenoxy) is 1. The predicted molar refractivity (Wildman–Crippen MR) is 127 cm³/mol. The largest absolute Gasteiger partial charge is 0.378 e. The summed E-state index contributed by atoms with van der Waals surface area (Å²) in [6.07, 6.45) is 0.169. The molecule has 35 heavy (non-hydrogen) atoms. The van der Waals surface area contributed by atoms with Crippen molar-refractivity contribution >= 4 is 23.4 Å². The third-order valence-corrected chi connectivity index (χ3v) is 7.10. The van der Waals surface area contributed by atoms with Crippen LogP contribution in [0.1, 0.15) is 22.3 Å². The zero-order valence-electron chi connectivity index (χ0n) is 19.9. The summed E-state index contributed by atoms with van der Waals surface area (Å²) in [7, 11) is 3.87. The van der Waals surface area contributed by atoms with Gasteiger partial charge in [-0.3, -0.25) is 14.4 Å². The molecule has 0 unspecified atom stereocenters. The van der Waals surface area contributed by atoms with E-state index >= 15 is 0 Å². The van der Waals surface area contributed by atoms with Gasteiger partial charge >= 0.3 is 0 Å². The van der Waals surface area contributed by atoms with Gasteiger partial charge in [0.2, 0.25) is 11.8 Å². The fraction of sp³-hybridized carbons (Fsp3) is 0.423. The first-order valence-electron chi connectivity index (χ1n) is 11.9. The van der Waals surface area contributed by atoms with E-state index in [9.17, 15) is 18.8 Å². The van der Waals surface area contributed by atoms with Crippen LogP contribution in [0.2, 0.25) is 0 Å². The van der Waals surface area contributed by atoms with E-state index in [2.05, 4.69) is 0 Å². The molecule has 3 aliphatic heterocycles. The van der Waals surface area contributed by atoms with Crippen LogP contribution in [0.4, 0.5) is 10.1 Å². The van der Waals surface area contributed by atoms with E-state index < -0.39 is 12.1 Å². The molecule has 0 saturated carbocycles. The van der Waals surface area contributed by atoms with Crippen molar-refractivity contribution in [2.75, 3.05) is 45.2 Å². The minimum Gasteiger partial charge on any atom is -0.378 e. The summed E-state index contributed by atoms with van der Waals surface area (Å²) in [6, 6.07) is 12.2. The third kappa shape index (κ3) is 4.48. The molecular formula is C26H29FN4O4. The third-order valence-electron chi connectivity index (χ3n) is 7.10. The molecule has 2 aromatic carbocycles. The number of amides is 3. The Hall–Kier alpha value is -3.46. The first-order chi connectivity index (χ1) is 16.8. The number of carbonyl (C=O) groups excluding carboxylic acids is 3. The lowest BCUT2D eigenvalue weighted by molar-refractivity contribution is -0.162. The first kappa shape index (κ1) is 23.3. The number of halogens is 1. The summed E-state index contributed by atoms with van der Waals surface area (Å²) >= 11 is 0. The Kier molecular flexibility index (Phi) is 6.19. The van der Waals surface area contributed by atoms with Crippen LogP contribution >= 0.6 is 0 Å². The zero-order chi connectivity index (χ0) is 24.7. The summed E-state index contributed by atoms with van der Waals surface area (Å²) in [5, 5.41) is 0. The molecular weight excluding hydrogens is 451 g/mol. The second-order valence-electron chi connectivity index (χ2n) is 9.54. The number of rotatable bonds is 5. The second kappa shape index (κ2) is 9.30. The molecule has 0 aromatic heterocycles. The molecule has 8 nitrogen and oxygen atoms in total. The fourth-order valence-electron chi connectivity index (χ4n) is 5.10. The predicted octanol–water partition coefficient (Wildman–Crippen LogP) is 1.74. The van der Waals surface area contributed by atoms with Crippen LogP contribution in [0.5, 0.6) is 0 Å². The highest BCUT2D eigenvalue weighted by Crippen LogP contribution is 2.31. The van der Waals surface area contributed by atoms with Gasteiger partial charge < -0.3 is 24.3 Å². The van der Waals surface area contributed by atoms with Crippen molar-refractivity contribution in [1.82, 2.24) is 14.7 Å². The minimum atomic E-state index is -0.673. The minimum absolute atomic E-state index is 0.0788. The standard InChI is InChI=1S/C26H29FN4O4/c1-28(2)20-9-5-18(6-10-20)24(32)29-11-12-30-23(15-29)26(34)31-14-21(13-22(31)25(30)33)35-16-17-3-7-19(27)8-4-17/h3-10,21-23H,11-16H2,1-2H3/t21-,22+,23-/m1/s1. The number of fused-ring (bicyclic) bond motifs is 2. The Labute approximate surface area is 203 Å². The summed E-state index contributed by atoms with van der Waals surface area (Å²) in [5.41, 5.74) is 2.39. The van der Waals surface area contributed by atoms with Gasteiger partial charge in [-0.05, 0) is 42.0 Å². The smallest absolute Gasteiger partial charge is 0.254 e. The van der Waals surface area contributed by atoms with E-state index in [1.165, 1.54) is 12.1 Å². The van der Waals surface area contributed by atoms with Crippen LogP contribution in [0.25, 0.3) is 0 Å². The molecule has 0 bridgehead atoms. The highest BCUT2D eigenvalue weighted by atomic mass is 19.1. The average molecular weight is 481 g/mol. The van der Waals surface area contributed by atoms with Crippen molar-refractivity contribution in [2.24, 2.45) is 0 Å². The number of anilines is 1. The van der Waals surface area contributed by atoms with Crippen molar-refractivity contribution in [3.8, 4) is 0 Å². The normalized spacial score (nSPS) is 23.9. The summed E-state index contributed by atoms with van der Waals surface area (Å²) in [6.45, 7) is 1.53. The second-order valence-corrected chi connectivity index (χ2v) is 9.54. The molecule has 3 aliphatic rings. The maximum atomic E-state index is 13.4. The van der Waals surface area contributed by atoms with Gasteiger partial charge in [0.05, 0.1) is 19.3 Å². The van der Waals surface area contributed by atoms with Crippen LogP contribution in [-0.4, -0.2) is 90.9 Å². The van der Waals surface area contributed by atoms with Gasteiger partial charge in [-0.15, -0.1) is 0 Å². The van der Waals surface area contributed by atoms with E-state index in [0.29, 0.717) is 31.6 Å². The molecule has 3 saturated heterocycles. The van der Waals surface area contributed by atoms with Gasteiger partial charge in [-0.2, -0.15) is 0 Å². The molecule has 0 N–H and O–H groups in total. The highest BCUT2D eigenvalue weighted by molar-refractivity contribution is 5.99. The van der Waals surface area contributed by atoms with Crippen LogP contribution < -0.4 is 4.90 Å². The topological polar surface area (TPSA) is 73.4 Å². The van der Waals surface area contributed by atoms with Crippen LogP contribution in [-0.2, 0) is 20.9 Å². The lowest BCUT2D eigenvalue weighted by Gasteiger charge is -2.47. The van der Waals surface area contributed by atoms with E-state index in [4.69, 9.17) is 4.74 Å². The molecule has 3 heterocycles. The SMILES string of the molecule is CN(C)c1ccc(C(=O)N2CCN3C(=O)[C@@H]4C[C@@H](OCc5ccc(F)cc5)CN4C(=O)[C@H]3C2)cc1. The lowest BCUT2D eigenvalue weighted by Crippen LogP contribution is -2.69. The quantitative estimate of drug-likeness (QED) is 0.652. The summed E-state index contributed by atoms with van der Waals surface area (Å²) in [5.74, 6) is -0.662. The average Bonchev–Trinajstić information content (AvgIpc) is 3.31. The zero-order valence-corrected chi connectivity index (χ0v) is 19.9. The summed E-state index contributed by atoms with van der Waals surface area (Å²) in [4.78, 5) is 46.5. The molecule has 184 valence electrons. The molecule has 0 radical (unpaired) electrons. The lowest BCUT2D eigenvalue weighted by atomic mass is 10.0. The molecule has 3 amide bonds. The molecule has 5 rings (SSSR count). The number of carbonyl (C=O) groups is 3. The van der Waals surface area contributed by atoms with Gasteiger partial charge in [0.1, 0.15) is 17.9 Å². The van der Waals surface area contributed by atoms with Crippen molar-refractivity contribution in [2.45, 2.75) is 31.2 Å². The first-order valence-corrected chi connectivity index (χ1v) is 11.9. The highest BCUT2D eigenvalue weighted by Gasteiger charge is 2.52. The molecule has 3 atom stereocenters. The number of nitrogens with zero attached hydrogens (tertiary/aromatic N) is 4. The van der Waals surface area contributed by atoms with Gasteiger partial charge in [0, 0.05) is 51.4 Å². The Morgan fingerprint density at radius 1 is 0.943 bits per heavy atom. The van der Waals surface area contributed by atoms with Crippen molar-refractivity contribution in [1.29, 1.82) is 0 Å². The van der Waals surface area contributed by atoms with Crippen LogP contribution in [0, 0.1) is 5.82 Å². The van der Waals surface area contributed by atoms with Crippen molar-refractivity contribution < 1.29 is 23.5 Å². The van der Waals surface area contributed by atoms with E-state index in [1.54, 1.807) is 39.0 Å². The fourth-order valence-corrected chi connectivity index (χ4v) is 5.10. The Morgan fingerprint density at radius 3 is 2.31 bits per heavy atom. The molecule has 2 aromatic rings. The van der Waals surface area contributed by atoms with Crippen molar-refractivity contribution in [3.05, 3.63) is 65.5 Å². The number of benzene rings is 2. The van der Waals surface area contributed by atoms with E-state index in [-0.39, 0.29) is 42.8 Å². The van der Waals surface area contributed by atoms with Gasteiger partial charge in [0.25, 0.3) is 5.91 Å². The summed E-state index contributed by atoms with van der Waals surface area (Å²) < 4.78 is 19.1. The molecule has 3 fully saturated rings. The Bertz CT molecular complexity index is 1120.